The van der Waals surface area contributed by atoms with Gasteiger partial charge in [-0.3, -0.25) is 14.4 Å². The Bertz CT molecular complexity index is 1040. The Kier molecular flexibility index (Phi) is 46.1. The van der Waals surface area contributed by atoms with Crippen LogP contribution < -0.4 is 0 Å². The summed E-state index contributed by atoms with van der Waals surface area (Å²) < 4.78 is 0. The highest BCUT2D eigenvalue weighted by molar-refractivity contribution is 6.01. The maximum atomic E-state index is 13.6. The molecule has 0 aromatic carbocycles. The summed E-state index contributed by atoms with van der Waals surface area (Å²) in [5.74, 6) is -2.12. The van der Waals surface area contributed by atoms with Gasteiger partial charge >= 0.3 is 0 Å². The SMILES string of the molecule is CCCCCCCCC=CCCCCCCCC(=O)C(O)C(O)(C(=O)CCCCCCCCCCCCCCCCC)C(O)C(=O)CCCCCCCCCCCCCCCCC. The lowest BCUT2D eigenvalue weighted by Gasteiger charge is -2.34. The number of carbonyl (C=O) groups is 3. The molecule has 0 aliphatic carbocycles. The van der Waals surface area contributed by atoms with Gasteiger partial charge in [0.15, 0.2) is 35.2 Å². The van der Waals surface area contributed by atoms with Crippen LogP contribution in [0.3, 0.4) is 0 Å². The van der Waals surface area contributed by atoms with E-state index in [0.29, 0.717) is 19.3 Å². The minimum atomic E-state index is -2.80. The van der Waals surface area contributed by atoms with Crippen LogP contribution in [0.2, 0.25) is 0 Å². The molecular weight excluding hydrogens is 781 g/mol. The van der Waals surface area contributed by atoms with Gasteiger partial charge in [0, 0.05) is 19.3 Å². The molecule has 0 fully saturated rings. The summed E-state index contributed by atoms with van der Waals surface area (Å²) in [5, 5.41) is 34.2. The fourth-order valence-electron chi connectivity index (χ4n) is 9.12. The van der Waals surface area contributed by atoms with E-state index in [0.717, 1.165) is 77.0 Å². The Balaban J connectivity index is 4.76. The summed E-state index contributed by atoms with van der Waals surface area (Å²) in [6.45, 7) is 6.77. The number of Topliss-reactive ketones (excluding diaryl/α,β-unsaturated/α-hetero) is 3. The topological polar surface area (TPSA) is 112 Å². The van der Waals surface area contributed by atoms with Crippen LogP contribution in [0.5, 0.6) is 0 Å². The highest BCUT2D eigenvalue weighted by Gasteiger charge is 2.53. The van der Waals surface area contributed by atoms with Gasteiger partial charge in [0.05, 0.1) is 0 Å². The molecule has 0 rings (SSSR count). The highest BCUT2D eigenvalue weighted by Crippen LogP contribution is 2.26. The monoisotopic (exact) mass is 889 g/mol. The van der Waals surface area contributed by atoms with Crippen molar-refractivity contribution in [2.45, 2.75) is 334 Å². The molecule has 6 heteroatoms. The molecule has 372 valence electrons. The molecule has 0 saturated carbocycles. The van der Waals surface area contributed by atoms with E-state index in [1.165, 1.54) is 180 Å². The third kappa shape index (κ3) is 36.4. The van der Waals surface area contributed by atoms with Crippen molar-refractivity contribution >= 4 is 17.3 Å². The van der Waals surface area contributed by atoms with Crippen molar-refractivity contribution in [3.05, 3.63) is 12.2 Å². The molecule has 3 unspecified atom stereocenters. The largest absolute Gasteiger partial charge is 0.382 e. The van der Waals surface area contributed by atoms with Crippen LogP contribution in [0.4, 0.5) is 0 Å². The van der Waals surface area contributed by atoms with E-state index in [1.807, 2.05) is 0 Å². The second kappa shape index (κ2) is 47.1. The molecule has 0 radical (unpaired) electrons. The first kappa shape index (κ1) is 61.6. The fourth-order valence-corrected chi connectivity index (χ4v) is 9.12. The van der Waals surface area contributed by atoms with Crippen LogP contribution >= 0.6 is 0 Å². The molecule has 0 aromatic heterocycles. The number of hydrogen-bond acceptors (Lipinski definition) is 6. The summed E-state index contributed by atoms with van der Waals surface area (Å²) in [6, 6.07) is 0. The van der Waals surface area contributed by atoms with Crippen molar-refractivity contribution in [1.82, 2.24) is 0 Å². The zero-order valence-corrected chi connectivity index (χ0v) is 42.4. The van der Waals surface area contributed by atoms with Gasteiger partial charge in [-0.2, -0.15) is 0 Å². The summed E-state index contributed by atoms with van der Waals surface area (Å²) in [7, 11) is 0. The molecule has 0 spiro atoms. The normalized spacial score (nSPS) is 13.7. The summed E-state index contributed by atoms with van der Waals surface area (Å²) >= 11 is 0. The van der Waals surface area contributed by atoms with E-state index >= 15 is 0 Å². The molecule has 0 aliphatic heterocycles. The zero-order chi connectivity index (χ0) is 46.3. The quantitative estimate of drug-likeness (QED) is 0.0414. The second-order valence-corrected chi connectivity index (χ2v) is 19.7. The van der Waals surface area contributed by atoms with Crippen molar-refractivity contribution in [1.29, 1.82) is 0 Å². The van der Waals surface area contributed by atoms with Gasteiger partial charge < -0.3 is 15.3 Å². The maximum Gasteiger partial charge on any atom is 0.189 e. The third-order valence-corrected chi connectivity index (χ3v) is 13.6. The number of hydrogen-bond donors (Lipinski definition) is 3. The van der Waals surface area contributed by atoms with Crippen LogP contribution in [-0.4, -0.2) is 50.5 Å². The highest BCUT2D eigenvalue weighted by atomic mass is 16.4. The van der Waals surface area contributed by atoms with Crippen molar-refractivity contribution in [3.63, 3.8) is 0 Å². The lowest BCUT2D eigenvalue weighted by molar-refractivity contribution is -0.181. The van der Waals surface area contributed by atoms with Crippen LogP contribution in [0.1, 0.15) is 316 Å². The van der Waals surface area contributed by atoms with Gasteiger partial charge in [-0.25, -0.2) is 0 Å². The van der Waals surface area contributed by atoms with Crippen molar-refractivity contribution in [2.75, 3.05) is 0 Å². The number of allylic oxidation sites excluding steroid dienone is 2. The molecule has 0 saturated heterocycles. The van der Waals surface area contributed by atoms with Crippen molar-refractivity contribution in [3.8, 4) is 0 Å². The molecular formula is C57H108O6. The fraction of sp³-hybridized carbons (Fsp3) is 0.912. The van der Waals surface area contributed by atoms with Crippen molar-refractivity contribution < 1.29 is 29.7 Å². The number of aliphatic hydroxyl groups is 3. The number of aliphatic hydroxyl groups excluding tert-OH is 2. The Labute approximate surface area is 391 Å². The molecule has 0 amide bonds. The predicted molar refractivity (Wildman–Crippen MR) is 271 cm³/mol. The lowest BCUT2D eigenvalue weighted by atomic mass is 9.78. The molecule has 6 nitrogen and oxygen atoms in total. The minimum absolute atomic E-state index is 0.00777. The van der Waals surface area contributed by atoms with E-state index in [1.54, 1.807) is 0 Å². The van der Waals surface area contributed by atoms with E-state index in [-0.39, 0.29) is 19.3 Å². The van der Waals surface area contributed by atoms with Gasteiger partial charge in [0.2, 0.25) is 0 Å². The molecule has 3 atom stereocenters. The van der Waals surface area contributed by atoms with Gasteiger partial charge in [-0.1, -0.05) is 264 Å². The lowest BCUT2D eigenvalue weighted by Crippen LogP contribution is -2.63. The van der Waals surface area contributed by atoms with Gasteiger partial charge in [0.25, 0.3) is 0 Å². The molecule has 0 aromatic rings. The zero-order valence-electron chi connectivity index (χ0n) is 42.4. The smallest absolute Gasteiger partial charge is 0.189 e. The average molecular weight is 889 g/mol. The molecule has 0 heterocycles. The Morgan fingerprint density at radius 2 is 0.540 bits per heavy atom. The Morgan fingerprint density at radius 1 is 0.333 bits per heavy atom. The van der Waals surface area contributed by atoms with E-state index < -0.39 is 35.2 Å². The molecule has 0 aliphatic rings. The molecule has 3 N–H and O–H groups in total. The number of carbonyl (C=O) groups excluding carboxylic acids is 3. The average Bonchev–Trinajstić information content (AvgIpc) is 3.29. The first-order valence-corrected chi connectivity index (χ1v) is 28.1. The summed E-state index contributed by atoms with van der Waals surface area (Å²) in [5.41, 5.74) is -2.80. The van der Waals surface area contributed by atoms with E-state index in [9.17, 15) is 29.7 Å². The van der Waals surface area contributed by atoms with Gasteiger partial charge in [-0.15, -0.1) is 0 Å². The maximum absolute atomic E-state index is 13.6. The summed E-state index contributed by atoms with van der Waals surface area (Å²) in [4.78, 5) is 40.2. The second-order valence-electron chi connectivity index (χ2n) is 19.7. The molecule has 0 bridgehead atoms. The van der Waals surface area contributed by atoms with E-state index in [2.05, 4.69) is 32.9 Å². The summed E-state index contributed by atoms with van der Waals surface area (Å²) in [6.07, 6.45) is 50.7. The first-order valence-electron chi connectivity index (χ1n) is 28.1. The third-order valence-electron chi connectivity index (χ3n) is 13.6. The molecule has 63 heavy (non-hydrogen) atoms. The van der Waals surface area contributed by atoms with E-state index in [4.69, 9.17) is 0 Å². The minimum Gasteiger partial charge on any atom is -0.382 e. The first-order chi connectivity index (χ1) is 30.8. The Hall–Kier alpha value is -1.37. The van der Waals surface area contributed by atoms with Crippen LogP contribution in [0, 0.1) is 0 Å². The van der Waals surface area contributed by atoms with Crippen molar-refractivity contribution in [2.24, 2.45) is 0 Å². The van der Waals surface area contributed by atoms with Gasteiger partial charge in [-0.05, 0) is 44.9 Å². The van der Waals surface area contributed by atoms with Crippen LogP contribution in [0.25, 0.3) is 0 Å². The standard InChI is InChI=1S/C57H108O6/c1-4-7-10-13-16-19-22-25-28-31-34-37-40-43-46-49-52(58)55(61)57(63,54(60)51-48-45-42-39-36-33-30-27-24-21-18-15-12-9-6-3)56(62)53(59)50-47-44-41-38-35-32-29-26-23-20-17-14-11-8-5-2/h25,28,55-56,61-63H,4-24,26-27,29-51H2,1-3H3. The Morgan fingerprint density at radius 3 is 0.794 bits per heavy atom. The number of unbranched alkanes of at least 4 members (excludes halogenated alkanes) is 39. The number of ketones is 3. The van der Waals surface area contributed by atoms with Gasteiger partial charge in [0.1, 0.15) is 0 Å². The van der Waals surface area contributed by atoms with Crippen LogP contribution in [-0.2, 0) is 14.4 Å². The van der Waals surface area contributed by atoms with Crippen LogP contribution in [0.15, 0.2) is 12.2 Å². The number of rotatable bonds is 52. The predicted octanol–water partition coefficient (Wildman–Crippen LogP) is 16.7.